The molecule has 1 aliphatic heterocycles. The molecule has 2 amide bonds. The Balaban J connectivity index is 1.88. The van der Waals surface area contributed by atoms with Gasteiger partial charge in [0.15, 0.2) is 0 Å². The molecule has 4 nitrogen and oxygen atoms in total. The molecule has 0 aromatic heterocycles. The van der Waals surface area contributed by atoms with E-state index < -0.39 is 0 Å². The number of rotatable bonds is 3. The van der Waals surface area contributed by atoms with Crippen molar-refractivity contribution in [1.82, 2.24) is 10.2 Å². The van der Waals surface area contributed by atoms with Crippen molar-refractivity contribution >= 4 is 6.03 Å². The van der Waals surface area contributed by atoms with E-state index in [1.54, 1.807) is 17.0 Å². The van der Waals surface area contributed by atoms with E-state index in [1.165, 1.54) is 12.1 Å². The Hall–Kier alpha value is -1.62. The molecule has 1 aromatic rings. The first-order valence-corrected chi connectivity index (χ1v) is 6.10. The molecule has 1 saturated heterocycles. The van der Waals surface area contributed by atoms with Crippen LogP contribution in [0.5, 0.6) is 0 Å². The van der Waals surface area contributed by atoms with Gasteiger partial charge >= 0.3 is 6.03 Å². The fourth-order valence-electron chi connectivity index (χ4n) is 2.22. The van der Waals surface area contributed by atoms with Crippen LogP contribution in [0.15, 0.2) is 24.3 Å². The van der Waals surface area contributed by atoms with Crippen LogP contribution >= 0.6 is 0 Å². The first kappa shape index (κ1) is 12.8. The lowest BCUT2D eigenvalue weighted by atomic mass is 10.2. The predicted molar refractivity (Wildman–Crippen MR) is 65.4 cm³/mol. The minimum atomic E-state index is -0.309. The van der Waals surface area contributed by atoms with Gasteiger partial charge < -0.3 is 15.3 Å². The zero-order valence-corrected chi connectivity index (χ0v) is 10.1. The van der Waals surface area contributed by atoms with Gasteiger partial charge in [0.1, 0.15) is 5.82 Å². The van der Waals surface area contributed by atoms with Crippen molar-refractivity contribution in [3.8, 4) is 0 Å². The number of hydrogen-bond acceptors (Lipinski definition) is 2. The van der Waals surface area contributed by atoms with Crippen LogP contribution in [-0.4, -0.2) is 35.2 Å². The quantitative estimate of drug-likeness (QED) is 0.856. The van der Waals surface area contributed by atoms with Crippen LogP contribution < -0.4 is 5.32 Å². The van der Waals surface area contributed by atoms with Gasteiger partial charge in [-0.25, -0.2) is 9.18 Å². The largest absolute Gasteiger partial charge is 0.394 e. The van der Waals surface area contributed by atoms with Crippen LogP contribution in [0, 0.1) is 5.82 Å². The van der Waals surface area contributed by atoms with Crippen molar-refractivity contribution in [2.75, 3.05) is 13.2 Å². The Morgan fingerprint density at radius 3 is 3.11 bits per heavy atom. The molecule has 2 N–H and O–H groups in total. The molecule has 5 heteroatoms. The highest BCUT2D eigenvalue weighted by Gasteiger charge is 2.27. The highest BCUT2D eigenvalue weighted by Crippen LogP contribution is 2.16. The van der Waals surface area contributed by atoms with E-state index in [-0.39, 0.29) is 24.5 Å². The summed E-state index contributed by atoms with van der Waals surface area (Å²) in [5.41, 5.74) is 0.725. The molecule has 18 heavy (non-hydrogen) atoms. The van der Waals surface area contributed by atoms with Crippen LogP contribution in [0.4, 0.5) is 9.18 Å². The highest BCUT2D eigenvalue weighted by molar-refractivity contribution is 5.74. The van der Waals surface area contributed by atoms with Crippen LogP contribution in [0.25, 0.3) is 0 Å². The standard InChI is InChI=1S/C13H17FN2O2/c14-11-4-1-3-10(7-11)8-15-13(18)16-6-2-5-12(16)9-17/h1,3-4,7,12,17H,2,5-6,8-9H2,(H,15,18). The van der Waals surface area contributed by atoms with Crippen molar-refractivity contribution < 1.29 is 14.3 Å². The molecule has 0 aliphatic carbocycles. The average molecular weight is 252 g/mol. The maximum absolute atomic E-state index is 13.0. The topological polar surface area (TPSA) is 52.6 Å². The Kier molecular flexibility index (Phi) is 4.15. The molecule has 0 saturated carbocycles. The molecular weight excluding hydrogens is 235 g/mol. The van der Waals surface area contributed by atoms with Crippen molar-refractivity contribution in [3.05, 3.63) is 35.6 Å². The minimum Gasteiger partial charge on any atom is -0.394 e. The second-order valence-corrected chi connectivity index (χ2v) is 4.46. The number of hydrogen-bond donors (Lipinski definition) is 2. The lowest BCUT2D eigenvalue weighted by Gasteiger charge is -2.23. The van der Waals surface area contributed by atoms with Crippen molar-refractivity contribution in [2.24, 2.45) is 0 Å². The number of aliphatic hydroxyl groups excluding tert-OH is 1. The van der Waals surface area contributed by atoms with Gasteiger partial charge in [0.2, 0.25) is 0 Å². The number of carbonyl (C=O) groups is 1. The Labute approximate surface area is 105 Å². The summed E-state index contributed by atoms with van der Waals surface area (Å²) in [5.74, 6) is -0.309. The number of aliphatic hydroxyl groups is 1. The predicted octanol–water partition coefficient (Wildman–Crippen LogP) is 1.49. The van der Waals surface area contributed by atoms with Gasteiger partial charge in [-0.05, 0) is 30.5 Å². The van der Waals surface area contributed by atoms with Gasteiger partial charge in [0.05, 0.1) is 12.6 Å². The fraction of sp³-hybridized carbons (Fsp3) is 0.462. The molecule has 1 fully saturated rings. The van der Waals surface area contributed by atoms with E-state index in [9.17, 15) is 9.18 Å². The smallest absolute Gasteiger partial charge is 0.317 e. The monoisotopic (exact) mass is 252 g/mol. The third-order valence-corrected chi connectivity index (χ3v) is 3.18. The lowest BCUT2D eigenvalue weighted by Crippen LogP contribution is -2.43. The normalized spacial score (nSPS) is 19.0. The molecule has 0 bridgehead atoms. The van der Waals surface area contributed by atoms with E-state index in [4.69, 9.17) is 5.11 Å². The maximum Gasteiger partial charge on any atom is 0.317 e. The summed E-state index contributed by atoms with van der Waals surface area (Å²) in [7, 11) is 0. The maximum atomic E-state index is 13.0. The molecule has 1 unspecified atom stereocenters. The first-order chi connectivity index (χ1) is 8.70. The van der Waals surface area contributed by atoms with Crippen molar-refractivity contribution in [3.63, 3.8) is 0 Å². The number of benzene rings is 1. The van der Waals surface area contributed by atoms with E-state index >= 15 is 0 Å². The SMILES string of the molecule is O=C(NCc1cccc(F)c1)N1CCCC1CO. The fourth-order valence-corrected chi connectivity index (χ4v) is 2.22. The second kappa shape index (κ2) is 5.82. The molecule has 98 valence electrons. The zero-order valence-electron chi connectivity index (χ0n) is 10.1. The van der Waals surface area contributed by atoms with Gasteiger partial charge in [-0.1, -0.05) is 12.1 Å². The first-order valence-electron chi connectivity index (χ1n) is 6.10. The van der Waals surface area contributed by atoms with Gasteiger partial charge in [-0.15, -0.1) is 0 Å². The zero-order chi connectivity index (χ0) is 13.0. The van der Waals surface area contributed by atoms with Gasteiger partial charge in [0, 0.05) is 13.1 Å². The average Bonchev–Trinajstić information content (AvgIpc) is 2.84. The van der Waals surface area contributed by atoms with Crippen molar-refractivity contribution in [2.45, 2.75) is 25.4 Å². The minimum absolute atomic E-state index is 0.00656. The van der Waals surface area contributed by atoms with Crippen LogP contribution in [0.3, 0.4) is 0 Å². The third kappa shape index (κ3) is 2.98. The summed E-state index contributed by atoms with van der Waals surface area (Å²) in [4.78, 5) is 13.5. The summed E-state index contributed by atoms with van der Waals surface area (Å²) >= 11 is 0. The molecule has 1 aromatic carbocycles. The van der Waals surface area contributed by atoms with Crippen LogP contribution in [0.1, 0.15) is 18.4 Å². The number of nitrogens with zero attached hydrogens (tertiary/aromatic N) is 1. The lowest BCUT2D eigenvalue weighted by molar-refractivity contribution is 0.157. The van der Waals surface area contributed by atoms with Gasteiger partial charge in [-0.2, -0.15) is 0 Å². The van der Waals surface area contributed by atoms with E-state index in [2.05, 4.69) is 5.32 Å². The van der Waals surface area contributed by atoms with E-state index in [1.807, 2.05) is 0 Å². The third-order valence-electron chi connectivity index (χ3n) is 3.18. The Morgan fingerprint density at radius 1 is 1.56 bits per heavy atom. The number of halogens is 1. The van der Waals surface area contributed by atoms with Crippen molar-refractivity contribution in [1.29, 1.82) is 0 Å². The van der Waals surface area contributed by atoms with Crippen LogP contribution in [-0.2, 0) is 6.54 Å². The number of nitrogens with one attached hydrogen (secondary N) is 1. The molecule has 1 atom stereocenters. The summed E-state index contributed by atoms with van der Waals surface area (Å²) in [6.07, 6.45) is 1.75. The molecule has 1 heterocycles. The Morgan fingerprint density at radius 2 is 2.39 bits per heavy atom. The number of urea groups is 1. The molecule has 0 radical (unpaired) electrons. The number of carbonyl (C=O) groups excluding carboxylic acids is 1. The Bertz CT molecular complexity index is 425. The van der Waals surface area contributed by atoms with Gasteiger partial charge in [0.25, 0.3) is 0 Å². The molecule has 2 rings (SSSR count). The number of amides is 2. The summed E-state index contributed by atoms with van der Waals surface area (Å²) in [5, 5.41) is 11.9. The second-order valence-electron chi connectivity index (χ2n) is 4.46. The van der Waals surface area contributed by atoms with Gasteiger partial charge in [-0.3, -0.25) is 0 Å². The summed E-state index contributed by atoms with van der Waals surface area (Å²) in [6, 6.07) is 5.86. The molecular formula is C13H17FN2O2. The number of likely N-dealkylation sites (tertiary alicyclic amines) is 1. The summed E-state index contributed by atoms with van der Waals surface area (Å²) < 4.78 is 13.0. The molecule has 1 aliphatic rings. The van der Waals surface area contributed by atoms with E-state index in [0.717, 1.165) is 18.4 Å². The van der Waals surface area contributed by atoms with E-state index in [0.29, 0.717) is 13.1 Å². The van der Waals surface area contributed by atoms with Crippen LogP contribution in [0.2, 0.25) is 0 Å². The summed E-state index contributed by atoms with van der Waals surface area (Å²) in [6.45, 7) is 0.957. The molecule has 0 spiro atoms. The highest BCUT2D eigenvalue weighted by atomic mass is 19.1.